The van der Waals surface area contributed by atoms with Crippen molar-refractivity contribution in [3.8, 4) is 11.1 Å². The van der Waals surface area contributed by atoms with E-state index in [2.05, 4.69) is 33.4 Å². The maximum atomic E-state index is 13.3. The van der Waals surface area contributed by atoms with E-state index < -0.39 is 11.7 Å². The van der Waals surface area contributed by atoms with Crippen LogP contribution in [0.25, 0.3) is 22.2 Å². The van der Waals surface area contributed by atoms with Crippen LogP contribution in [-0.4, -0.2) is 16.2 Å². The van der Waals surface area contributed by atoms with Crippen LogP contribution in [0.5, 0.6) is 0 Å². The lowest BCUT2D eigenvalue weighted by Crippen LogP contribution is -2.14. The maximum absolute atomic E-state index is 13.3. The van der Waals surface area contributed by atoms with Crippen LogP contribution >= 0.6 is 11.6 Å². The molecule has 3 aromatic rings. The van der Waals surface area contributed by atoms with Crippen molar-refractivity contribution in [3.05, 3.63) is 78.1 Å². The third kappa shape index (κ3) is 3.55. The molecule has 0 saturated carbocycles. The van der Waals surface area contributed by atoms with Gasteiger partial charge in [-0.1, -0.05) is 43.0 Å². The van der Waals surface area contributed by atoms with Gasteiger partial charge < -0.3 is 5.32 Å². The molecule has 0 aliphatic carbocycles. The van der Waals surface area contributed by atoms with Crippen molar-refractivity contribution in [2.24, 2.45) is 0 Å². The zero-order valence-corrected chi connectivity index (χ0v) is 14.3. The summed E-state index contributed by atoms with van der Waals surface area (Å²) in [7, 11) is 0. The molecule has 5 nitrogen and oxygen atoms in total. The fourth-order valence-electron chi connectivity index (χ4n) is 2.37. The van der Waals surface area contributed by atoms with E-state index >= 15 is 0 Å². The molecule has 0 radical (unpaired) electrons. The van der Waals surface area contributed by atoms with E-state index in [-0.39, 0.29) is 5.57 Å². The number of allylic oxidation sites excluding steroid dienone is 2. The minimum Gasteiger partial charge on any atom is -0.322 e. The second-order valence-corrected chi connectivity index (χ2v) is 5.74. The van der Waals surface area contributed by atoms with E-state index in [1.54, 1.807) is 36.4 Å². The minimum absolute atomic E-state index is 0.184. The summed E-state index contributed by atoms with van der Waals surface area (Å²) < 4.78 is 18.0. The topological polar surface area (TPSA) is 68.0 Å². The molecule has 7 heteroatoms. The van der Waals surface area contributed by atoms with Crippen LogP contribution in [0.1, 0.15) is 0 Å². The van der Waals surface area contributed by atoms with Gasteiger partial charge in [0, 0.05) is 11.3 Å². The molecule has 0 unspecified atom stereocenters. The van der Waals surface area contributed by atoms with E-state index in [0.29, 0.717) is 21.7 Å². The van der Waals surface area contributed by atoms with Gasteiger partial charge >= 0.3 is 0 Å². The average Bonchev–Trinajstić information content (AvgIpc) is 3.06. The molecule has 26 heavy (non-hydrogen) atoms. The Bertz CT molecular complexity index is 1040. The summed E-state index contributed by atoms with van der Waals surface area (Å²) in [5, 5.41) is 10.6. The number of nitrogens with one attached hydrogen (secondary N) is 1. The Kier molecular flexibility index (Phi) is 4.95. The van der Waals surface area contributed by atoms with Gasteiger partial charge in [0.05, 0.1) is 10.6 Å². The molecule has 0 bridgehead atoms. The van der Waals surface area contributed by atoms with E-state index in [4.69, 9.17) is 11.6 Å². The van der Waals surface area contributed by atoms with E-state index in [1.807, 2.05) is 0 Å². The Labute approximate surface area is 153 Å². The fraction of sp³-hybridized carbons (Fsp3) is 0. The van der Waals surface area contributed by atoms with Gasteiger partial charge in [0.15, 0.2) is 0 Å². The van der Waals surface area contributed by atoms with Gasteiger partial charge in [-0.05, 0) is 46.2 Å². The van der Waals surface area contributed by atoms with Crippen molar-refractivity contribution >= 4 is 34.2 Å². The third-order valence-corrected chi connectivity index (χ3v) is 3.93. The third-order valence-electron chi connectivity index (χ3n) is 3.62. The first-order valence-electron chi connectivity index (χ1n) is 7.50. The van der Waals surface area contributed by atoms with E-state index in [0.717, 1.165) is 11.1 Å². The number of anilines is 1. The summed E-state index contributed by atoms with van der Waals surface area (Å²) in [6.45, 7) is 6.59. The Morgan fingerprint density at radius 2 is 1.85 bits per heavy atom. The van der Waals surface area contributed by atoms with Gasteiger partial charge in [-0.15, -0.1) is 0 Å². The molecule has 1 heterocycles. The van der Waals surface area contributed by atoms with Crippen molar-refractivity contribution in [2.45, 2.75) is 0 Å². The summed E-state index contributed by atoms with van der Waals surface area (Å²) in [6, 6.07) is 10.3. The molecule has 0 aliphatic heterocycles. The van der Waals surface area contributed by atoms with Crippen molar-refractivity contribution in [2.75, 3.05) is 5.32 Å². The number of hydrogen-bond acceptors (Lipinski definition) is 4. The maximum Gasteiger partial charge on any atom is 0.258 e. The van der Waals surface area contributed by atoms with Crippen LogP contribution in [0.3, 0.4) is 0 Å². The van der Waals surface area contributed by atoms with Gasteiger partial charge in [-0.2, -0.15) is 0 Å². The van der Waals surface area contributed by atoms with Crippen LogP contribution in [-0.2, 0) is 4.79 Å². The second-order valence-electron chi connectivity index (χ2n) is 5.34. The lowest BCUT2D eigenvalue weighted by Gasteiger charge is -2.09. The summed E-state index contributed by atoms with van der Waals surface area (Å²) in [5.41, 5.74) is 3.02. The Hall–Kier alpha value is -3.25. The molecule has 0 fully saturated rings. The SMILES string of the molecule is C=C/C=C(\C(=C)F)C(=O)Nc1ccc(-c2cc3nonc3cc2Cl)cc1. The number of nitrogens with zero attached hydrogens (tertiary/aromatic N) is 2. The normalized spacial score (nSPS) is 11.4. The summed E-state index contributed by atoms with van der Waals surface area (Å²) in [4.78, 5) is 12.1. The molecule has 0 atom stereocenters. The predicted octanol–water partition coefficient (Wildman–Crippen LogP) is 5.08. The lowest BCUT2D eigenvalue weighted by molar-refractivity contribution is -0.112. The van der Waals surface area contributed by atoms with Gasteiger partial charge in [-0.25, -0.2) is 9.02 Å². The number of amides is 1. The summed E-state index contributed by atoms with van der Waals surface area (Å²) in [6.07, 6.45) is 2.58. The first kappa shape index (κ1) is 17.6. The fourth-order valence-corrected chi connectivity index (χ4v) is 2.63. The van der Waals surface area contributed by atoms with Gasteiger partial charge in [0.25, 0.3) is 5.91 Å². The molecule has 0 aliphatic rings. The highest BCUT2D eigenvalue weighted by Gasteiger charge is 2.13. The highest BCUT2D eigenvalue weighted by molar-refractivity contribution is 6.34. The monoisotopic (exact) mass is 369 g/mol. The van der Waals surface area contributed by atoms with Crippen LogP contribution in [0.2, 0.25) is 5.02 Å². The first-order chi connectivity index (χ1) is 12.5. The molecule has 130 valence electrons. The van der Waals surface area contributed by atoms with Gasteiger partial charge in [-0.3, -0.25) is 4.79 Å². The average molecular weight is 370 g/mol. The molecule has 0 spiro atoms. The predicted molar refractivity (Wildman–Crippen MR) is 99.4 cm³/mol. The molecule has 1 aromatic heterocycles. The van der Waals surface area contributed by atoms with Crippen LogP contribution in [0.4, 0.5) is 10.1 Å². The van der Waals surface area contributed by atoms with Gasteiger partial charge in [0.1, 0.15) is 16.9 Å². The van der Waals surface area contributed by atoms with Crippen molar-refractivity contribution < 1.29 is 13.8 Å². The van der Waals surface area contributed by atoms with Crippen molar-refractivity contribution in [1.82, 2.24) is 10.3 Å². The molecule has 1 amide bonds. The lowest BCUT2D eigenvalue weighted by atomic mass is 10.0. The largest absolute Gasteiger partial charge is 0.322 e. The van der Waals surface area contributed by atoms with Crippen molar-refractivity contribution in [3.63, 3.8) is 0 Å². The molecule has 3 rings (SSSR count). The number of hydrogen-bond donors (Lipinski definition) is 1. The zero-order valence-electron chi connectivity index (χ0n) is 13.5. The number of benzene rings is 2. The Morgan fingerprint density at radius 1 is 1.19 bits per heavy atom. The summed E-state index contributed by atoms with van der Waals surface area (Å²) in [5.74, 6) is -1.45. The second kappa shape index (κ2) is 7.33. The van der Waals surface area contributed by atoms with Gasteiger partial charge in [0.2, 0.25) is 0 Å². The Morgan fingerprint density at radius 3 is 2.46 bits per heavy atom. The molecular weight excluding hydrogens is 357 g/mol. The van der Waals surface area contributed by atoms with Crippen molar-refractivity contribution in [1.29, 1.82) is 0 Å². The zero-order chi connectivity index (χ0) is 18.7. The van der Waals surface area contributed by atoms with Crippen LogP contribution in [0.15, 0.2) is 77.7 Å². The quantitative estimate of drug-likeness (QED) is 0.503. The number of rotatable bonds is 5. The number of aromatic nitrogens is 2. The van der Waals surface area contributed by atoms with E-state index in [9.17, 15) is 9.18 Å². The number of carbonyl (C=O) groups excluding carboxylic acids is 1. The van der Waals surface area contributed by atoms with E-state index in [1.165, 1.54) is 12.2 Å². The smallest absolute Gasteiger partial charge is 0.258 e. The molecule has 1 N–H and O–H groups in total. The Balaban J connectivity index is 1.85. The minimum atomic E-state index is -0.833. The van der Waals surface area contributed by atoms with Crippen LogP contribution in [0, 0.1) is 0 Å². The number of halogens is 2. The molecule has 0 saturated heterocycles. The van der Waals surface area contributed by atoms with Crippen LogP contribution < -0.4 is 5.32 Å². The standard InChI is InChI=1S/C19H13ClFN3O2/c1-3-4-14(11(2)21)19(25)22-13-7-5-12(6-8-13)15-9-17-18(10-16(15)20)24-26-23-17/h3-10H,1-2H2,(H,22,25)/b14-4+. The molecular formula is C19H13ClFN3O2. The first-order valence-corrected chi connectivity index (χ1v) is 7.88. The molecule has 2 aromatic carbocycles. The number of fused-ring (bicyclic) bond motifs is 1. The summed E-state index contributed by atoms with van der Waals surface area (Å²) >= 11 is 6.28. The highest BCUT2D eigenvalue weighted by Crippen LogP contribution is 2.31. The number of carbonyl (C=O) groups is 1. The highest BCUT2D eigenvalue weighted by atomic mass is 35.5.